The molecule has 3 N–H and O–H groups in total. The predicted octanol–water partition coefficient (Wildman–Crippen LogP) is 3.92. The topological polar surface area (TPSA) is 86.6 Å². The summed E-state index contributed by atoms with van der Waals surface area (Å²) in [5, 5.41) is 22.1. The normalized spacial score (nSPS) is 20.8. The molecule has 2 rings (SSSR count). The van der Waals surface area contributed by atoms with Gasteiger partial charge in [-0.1, -0.05) is 62.3 Å². The van der Waals surface area contributed by atoms with Gasteiger partial charge in [-0.15, -0.1) is 0 Å². The van der Waals surface area contributed by atoms with Gasteiger partial charge in [0.05, 0.1) is 6.04 Å². The number of aromatic hydroxyl groups is 1. The van der Waals surface area contributed by atoms with Crippen LogP contribution in [-0.4, -0.2) is 27.9 Å². The van der Waals surface area contributed by atoms with E-state index in [-0.39, 0.29) is 17.1 Å². The van der Waals surface area contributed by atoms with Crippen molar-refractivity contribution in [2.75, 3.05) is 0 Å². The van der Waals surface area contributed by atoms with Gasteiger partial charge in [-0.3, -0.25) is 9.59 Å². The Morgan fingerprint density at radius 2 is 1.82 bits per heavy atom. The van der Waals surface area contributed by atoms with Crippen LogP contribution in [0.2, 0.25) is 0 Å². The lowest BCUT2D eigenvalue weighted by molar-refractivity contribution is -0.117. The van der Waals surface area contributed by atoms with Crippen LogP contribution in [0.5, 0.6) is 5.75 Å². The van der Waals surface area contributed by atoms with Crippen molar-refractivity contribution in [2.45, 2.75) is 39.7 Å². The second-order valence-electron chi connectivity index (χ2n) is 7.04. The predicted molar refractivity (Wildman–Crippen MR) is 110 cm³/mol. The van der Waals surface area contributed by atoms with Gasteiger partial charge in [-0.25, -0.2) is 0 Å². The van der Waals surface area contributed by atoms with Crippen LogP contribution in [0.4, 0.5) is 0 Å². The van der Waals surface area contributed by atoms with Crippen molar-refractivity contribution in [1.29, 1.82) is 0 Å². The molecule has 5 nitrogen and oxygen atoms in total. The standard InChI is InChI=1S/C23H27NO4/c1-4-15(2)13-16(3)7-5-6-8-20(26)21-22(27)19(24-23(21)28)14-17-9-11-18(25)12-10-17/h5-13,15,19,25-26H,4,14H2,1-3H3,(H,24,28). The molecule has 1 aromatic rings. The monoisotopic (exact) mass is 381 g/mol. The number of aliphatic hydroxyl groups excluding tert-OH is 1. The highest BCUT2D eigenvalue weighted by molar-refractivity contribution is 6.27. The second-order valence-corrected chi connectivity index (χ2v) is 7.04. The number of Topliss-reactive ketones (excluding diaryl/α,β-unsaturated/α-hetero) is 1. The van der Waals surface area contributed by atoms with E-state index in [1.807, 2.05) is 13.0 Å². The second kappa shape index (κ2) is 9.74. The Labute approximate surface area is 165 Å². The van der Waals surface area contributed by atoms with Gasteiger partial charge < -0.3 is 15.5 Å². The van der Waals surface area contributed by atoms with Gasteiger partial charge in [0.2, 0.25) is 0 Å². The first-order chi connectivity index (χ1) is 13.3. The lowest BCUT2D eigenvalue weighted by Crippen LogP contribution is -2.31. The van der Waals surface area contributed by atoms with Crippen LogP contribution in [0.25, 0.3) is 0 Å². The fraction of sp³-hybridized carbons (Fsp3) is 0.304. The Balaban J connectivity index is 2.06. The van der Waals surface area contributed by atoms with E-state index in [0.29, 0.717) is 12.3 Å². The minimum Gasteiger partial charge on any atom is -0.508 e. The molecule has 0 radical (unpaired) electrons. The molecule has 28 heavy (non-hydrogen) atoms. The molecule has 1 saturated heterocycles. The maximum Gasteiger partial charge on any atom is 0.259 e. The molecule has 0 spiro atoms. The molecule has 1 aromatic carbocycles. The Hall–Kier alpha value is -3.08. The Morgan fingerprint density at radius 3 is 2.46 bits per heavy atom. The number of hydrogen-bond acceptors (Lipinski definition) is 4. The third-order valence-electron chi connectivity index (χ3n) is 4.64. The molecule has 2 atom stereocenters. The average molecular weight is 381 g/mol. The van der Waals surface area contributed by atoms with Gasteiger partial charge in [0.25, 0.3) is 5.91 Å². The van der Waals surface area contributed by atoms with E-state index in [4.69, 9.17) is 0 Å². The molecule has 148 valence electrons. The molecule has 1 amide bonds. The first-order valence-electron chi connectivity index (χ1n) is 9.41. The van der Waals surface area contributed by atoms with Crippen LogP contribution < -0.4 is 5.32 Å². The van der Waals surface area contributed by atoms with Gasteiger partial charge in [-0.05, 0) is 36.6 Å². The number of benzene rings is 1. The number of carbonyl (C=O) groups is 2. The number of allylic oxidation sites excluding steroid dienone is 6. The van der Waals surface area contributed by atoms with Crippen molar-refractivity contribution in [1.82, 2.24) is 5.32 Å². The molecule has 5 heteroatoms. The molecule has 1 aliphatic rings. The molecular weight excluding hydrogens is 354 g/mol. The first-order valence-corrected chi connectivity index (χ1v) is 9.41. The van der Waals surface area contributed by atoms with Gasteiger partial charge in [-0.2, -0.15) is 0 Å². The van der Waals surface area contributed by atoms with Gasteiger partial charge in [0, 0.05) is 6.42 Å². The number of aliphatic hydroxyl groups is 1. The number of phenols is 1. The zero-order valence-electron chi connectivity index (χ0n) is 16.5. The van der Waals surface area contributed by atoms with Crippen LogP contribution in [0, 0.1) is 5.92 Å². The Morgan fingerprint density at radius 1 is 1.18 bits per heavy atom. The van der Waals surface area contributed by atoms with Crippen molar-refractivity contribution in [3.8, 4) is 5.75 Å². The number of rotatable bonds is 7. The third-order valence-corrected chi connectivity index (χ3v) is 4.64. The number of carbonyl (C=O) groups excluding carboxylic acids is 2. The minimum absolute atomic E-state index is 0.135. The molecule has 0 aliphatic carbocycles. The molecule has 1 aliphatic heterocycles. The quantitative estimate of drug-likeness (QED) is 0.289. The molecule has 0 saturated carbocycles. The first kappa shape index (κ1) is 21.2. The molecule has 1 heterocycles. The van der Waals surface area contributed by atoms with E-state index in [9.17, 15) is 19.8 Å². The summed E-state index contributed by atoms with van der Waals surface area (Å²) in [7, 11) is 0. The summed E-state index contributed by atoms with van der Waals surface area (Å²) < 4.78 is 0. The molecule has 0 aromatic heterocycles. The summed E-state index contributed by atoms with van der Waals surface area (Å²) >= 11 is 0. The van der Waals surface area contributed by atoms with Crippen LogP contribution >= 0.6 is 0 Å². The van der Waals surface area contributed by atoms with Crippen molar-refractivity contribution < 1.29 is 19.8 Å². The maximum atomic E-state index is 12.5. The van der Waals surface area contributed by atoms with Crippen LogP contribution in [0.1, 0.15) is 32.8 Å². The maximum absolute atomic E-state index is 12.5. The fourth-order valence-corrected chi connectivity index (χ4v) is 2.90. The molecule has 2 unspecified atom stereocenters. The van der Waals surface area contributed by atoms with Crippen molar-refractivity contribution >= 4 is 11.7 Å². The summed E-state index contributed by atoms with van der Waals surface area (Å²) in [6.45, 7) is 6.26. The third kappa shape index (κ3) is 5.71. The zero-order chi connectivity index (χ0) is 20.7. The smallest absolute Gasteiger partial charge is 0.259 e. The van der Waals surface area contributed by atoms with Crippen LogP contribution in [0.15, 0.2) is 71.6 Å². The Bertz CT molecular complexity index is 844. The SMILES string of the molecule is CCC(C)C=C(C)C=CC=CC(O)=C1C(=O)NC(Cc2ccc(O)cc2)C1=O. The minimum atomic E-state index is -0.723. The van der Waals surface area contributed by atoms with E-state index in [2.05, 4.69) is 25.2 Å². The highest BCUT2D eigenvalue weighted by Crippen LogP contribution is 2.19. The summed E-state index contributed by atoms with van der Waals surface area (Å²) in [5.41, 5.74) is 1.69. The van der Waals surface area contributed by atoms with E-state index in [1.54, 1.807) is 24.3 Å². The highest BCUT2D eigenvalue weighted by Gasteiger charge is 2.37. The number of amides is 1. The van der Waals surface area contributed by atoms with E-state index >= 15 is 0 Å². The largest absolute Gasteiger partial charge is 0.508 e. The lowest BCUT2D eigenvalue weighted by atomic mass is 10.0. The van der Waals surface area contributed by atoms with Gasteiger partial charge in [0.1, 0.15) is 17.1 Å². The highest BCUT2D eigenvalue weighted by atomic mass is 16.3. The Kier molecular flexibility index (Phi) is 7.38. The number of hydrogen-bond donors (Lipinski definition) is 3. The summed E-state index contributed by atoms with van der Waals surface area (Å²) in [4.78, 5) is 24.6. The number of ketones is 1. The van der Waals surface area contributed by atoms with Gasteiger partial charge >= 0.3 is 0 Å². The number of nitrogens with one attached hydrogen (secondary N) is 1. The lowest BCUT2D eigenvalue weighted by Gasteiger charge is -2.07. The fourth-order valence-electron chi connectivity index (χ4n) is 2.90. The number of phenolic OH excluding ortho intramolecular Hbond substituents is 1. The average Bonchev–Trinajstić information content (AvgIpc) is 2.93. The van der Waals surface area contributed by atoms with Crippen molar-refractivity contribution in [3.05, 3.63) is 77.1 Å². The summed E-state index contributed by atoms with van der Waals surface area (Å²) in [6.07, 6.45) is 10.1. The zero-order valence-corrected chi connectivity index (χ0v) is 16.5. The summed E-state index contributed by atoms with van der Waals surface area (Å²) in [6, 6.07) is 5.71. The summed E-state index contributed by atoms with van der Waals surface area (Å²) in [5.74, 6) is -0.723. The van der Waals surface area contributed by atoms with E-state index in [1.165, 1.54) is 18.2 Å². The van der Waals surface area contributed by atoms with Crippen molar-refractivity contribution in [2.24, 2.45) is 5.92 Å². The van der Waals surface area contributed by atoms with E-state index in [0.717, 1.165) is 17.6 Å². The van der Waals surface area contributed by atoms with Crippen LogP contribution in [-0.2, 0) is 16.0 Å². The van der Waals surface area contributed by atoms with Crippen molar-refractivity contribution in [3.63, 3.8) is 0 Å². The van der Waals surface area contributed by atoms with E-state index < -0.39 is 17.7 Å². The molecular formula is C23H27NO4. The van der Waals surface area contributed by atoms with Gasteiger partial charge in [0.15, 0.2) is 5.78 Å². The molecule has 0 bridgehead atoms. The molecule has 1 fully saturated rings. The van der Waals surface area contributed by atoms with Crippen LogP contribution in [0.3, 0.4) is 0 Å².